The van der Waals surface area contributed by atoms with Crippen LogP contribution >= 0.6 is 11.6 Å². The average Bonchev–Trinajstić information content (AvgIpc) is 2.37. The van der Waals surface area contributed by atoms with Crippen LogP contribution in [-0.4, -0.2) is 18.1 Å². The lowest BCUT2D eigenvalue weighted by atomic mass is 9.89. The van der Waals surface area contributed by atoms with Crippen molar-refractivity contribution >= 4 is 23.2 Å². The van der Waals surface area contributed by atoms with E-state index in [4.69, 9.17) is 11.6 Å². The van der Waals surface area contributed by atoms with E-state index >= 15 is 0 Å². The normalized spacial score (nSPS) is 27.5. The zero-order valence-electron chi connectivity index (χ0n) is 10.2. The van der Waals surface area contributed by atoms with Crippen molar-refractivity contribution in [1.29, 1.82) is 0 Å². The van der Waals surface area contributed by atoms with Gasteiger partial charge in [0.1, 0.15) is 5.54 Å². The van der Waals surface area contributed by atoms with Crippen molar-refractivity contribution in [2.75, 3.05) is 5.32 Å². The Labute approximate surface area is 113 Å². The number of anilines is 1. The van der Waals surface area contributed by atoms with Gasteiger partial charge in [-0.25, -0.2) is 0 Å². The van der Waals surface area contributed by atoms with E-state index in [2.05, 4.69) is 10.6 Å². The van der Waals surface area contributed by atoms with Crippen LogP contribution in [0.2, 0.25) is 5.02 Å². The molecule has 104 valence electrons. The van der Waals surface area contributed by atoms with Crippen LogP contribution in [0.5, 0.6) is 0 Å². The number of rotatable bonds is 0. The number of carbonyl (C=O) groups excluding carboxylic acids is 1. The minimum Gasteiger partial charge on any atom is -0.324 e. The quantitative estimate of drug-likeness (QED) is 0.772. The fraction of sp³-hybridized carbons (Fsp3) is 0.417. The molecule has 2 rings (SSSR count). The molecule has 2 atom stereocenters. The van der Waals surface area contributed by atoms with Crippen LogP contribution in [0.4, 0.5) is 18.9 Å². The minimum absolute atomic E-state index is 0.0924. The third-order valence-electron chi connectivity index (χ3n) is 3.24. The highest BCUT2D eigenvalue weighted by atomic mass is 35.5. The SMILES string of the molecule is C[C@H]1NC(C)(C(F)(F)F)c2cc(Cl)ccc2NC1=O. The van der Waals surface area contributed by atoms with E-state index in [1.54, 1.807) is 0 Å². The van der Waals surface area contributed by atoms with Crippen molar-refractivity contribution in [2.24, 2.45) is 0 Å². The first kappa shape index (κ1) is 14.1. The number of hydrogen-bond donors (Lipinski definition) is 2. The Kier molecular flexibility index (Phi) is 3.26. The lowest BCUT2D eigenvalue weighted by Crippen LogP contribution is -2.55. The van der Waals surface area contributed by atoms with Gasteiger partial charge in [-0.15, -0.1) is 0 Å². The first-order valence-electron chi connectivity index (χ1n) is 5.60. The van der Waals surface area contributed by atoms with Crippen LogP contribution in [0.25, 0.3) is 0 Å². The Hall–Kier alpha value is -1.27. The largest absolute Gasteiger partial charge is 0.410 e. The van der Waals surface area contributed by atoms with E-state index in [0.717, 1.165) is 6.92 Å². The van der Waals surface area contributed by atoms with E-state index in [1.807, 2.05) is 0 Å². The molecule has 1 aliphatic heterocycles. The summed E-state index contributed by atoms with van der Waals surface area (Å²) in [7, 11) is 0. The second kappa shape index (κ2) is 4.38. The van der Waals surface area contributed by atoms with E-state index in [1.165, 1.54) is 25.1 Å². The fourth-order valence-corrected chi connectivity index (χ4v) is 2.26. The summed E-state index contributed by atoms with van der Waals surface area (Å²) in [5, 5.41) is 4.98. The fourth-order valence-electron chi connectivity index (χ4n) is 2.09. The van der Waals surface area contributed by atoms with Crippen LogP contribution < -0.4 is 10.6 Å². The second-order valence-electron chi connectivity index (χ2n) is 4.67. The smallest absolute Gasteiger partial charge is 0.324 e. The predicted octanol–water partition coefficient (Wildman–Crippen LogP) is 3.05. The average molecular weight is 293 g/mol. The van der Waals surface area contributed by atoms with Gasteiger partial charge in [-0.05, 0) is 32.0 Å². The number of alkyl halides is 3. The summed E-state index contributed by atoms with van der Waals surface area (Å²) in [4.78, 5) is 11.7. The molecule has 0 spiro atoms. The molecule has 1 aromatic carbocycles. The molecular formula is C12H12ClF3N2O. The number of benzene rings is 1. The predicted molar refractivity (Wildman–Crippen MR) is 66.1 cm³/mol. The standard InChI is InChI=1S/C12H12ClF3N2O/c1-6-10(19)17-9-4-3-7(13)5-8(9)11(2,18-6)12(14,15)16/h3-6,18H,1-2H3,(H,17,19)/t6-,11?/m1/s1. The summed E-state index contributed by atoms with van der Waals surface area (Å²) < 4.78 is 40.1. The van der Waals surface area contributed by atoms with Gasteiger partial charge in [0.05, 0.1) is 6.04 Å². The van der Waals surface area contributed by atoms with Crippen LogP contribution in [0, 0.1) is 0 Å². The molecule has 19 heavy (non-hydrogen) atoms. The Bertz CT molecular complexity index is 532. The molecule has 1 heterocycles. The summed E-state index contributed by atoms with van der Waals surface area (Å²) in [5.74, 6) is -0.517. The van der Waals surface area contributed by atoms with E-state index in [9.17, 15) is 18.0 Å². The third-order valence-corrected chi connectivity index (χ3v) is 3.48. The molecule has 1 aliphatic rings. The molecule has 2 N–H and O–H groups in total. The Balaban J connectivity index is 2.68. The molecule has 0 saturated heterocycles. The van der Waals surface area contributed by atoms with Crippen LogP contribution in [0.1, 0.15) is 19.4 Å². The molecule has 3 nitrogen and oxygen atoms in total. The van der Waals surface area contributed by atoms with Crippen molar-refractivity contribution < 1.29 is 18.0 Å². The number of carbonyl (C=O) groups is 1. The first-order chi connectivity index (χ1) is 8.65. The molecule has 0 aliphatic carbocycles. The van der Waals surface area contributed by atoms with Crippen molar-refractivity contribution in [1.82, 2.24) is 5.32 Å². The molecule has 7 heteroatoms. The van der Waals surface area contributed by atoms with Gasteiger partial charge < -0.3 is 5.32 Å². The summed E-state index contributed by atoms with van der Waals surface area (Å²) in [6, 6.07) is 3.06. The van der Waals surface area contributed by atoms with E-state index in [0.29, 0.717) is 0 Å². The maximum Gasteiger partial charge on any atom is 0.410 e. The van der Waals surface area contributed by atoms with E-state index in [-0.39, 0.29) is 16.3 Å². The number of hydrogen-bond acceptors (Lipinski definition) is 2. The van der Waals surface area contributed by atoms with Crippen molar-refractivity contribution in [3.8, 4) is 0 Å². The monoisotopic (exact) mass is 292 g/mol. The van der Waals surface area contributed by atoms with Gasteiger partial charge in [-0.3, -0.25) is 10.1 Å². The highest BCUT2D eigenvalue weighted by Gasteiger charge is 2.55. The summed E-state index contributed by atoms with van der Waals surface area (Å²) in [6.07, 6.45) is -4.56. The molecule has 0 fully saturated rings. The van der Waals surface area contributed by atoms with Gasteiger partial charge in [-0.2, -0.15) is 13.2 Å². The molecule has 0 bridgehead atoms. The van der Waals surface area contributed by atoms with Crippen molar-refractivity contribution in [3.05, 3.63) is 28.8 Å². The molecule has 1 unspecified atom stereocenters. The van der Waals surface area contributed by atoms with Gasteiger partial charge >= 0.3 is 6.18 Å². The number of halogens is 4. The van der Waals surface area contributed by atoms with Gasteiger partial charge in [0.15, 0.2) is 0 Å². The minimum atomic E-state index is -4.56. The second-order valence-corrected chi connectivity index (χ2v) is 5.10. The first-order valence-corrected chi connectivity index (χ1v) is 5.98. The summed E-state index contributed by atoms with van der Waals surface area (Å²) in [5.41, 5.74) is -2.32. The molecular weight excluding hydrogens is 281 g/mol. The van der Waals surface area contributed by atoms with Gasteiger partial charge in [-0.1, -0.05) is 11.6 Å². The maximum absolute atomic E-state index is 13.4. The zero-order chi connectivity index (χ0) is 14.4. The molecule has 1 aromatic rings. The molecule has 0 aromatic heterocycles. The number of nitrogens with one attached hydrogen (secondary N) is 2. The molecule has 0 radical (unpaired) electrons. The van der Waals surface area contributed by atoms with Crippen LogP contribution in [0.15, 0.2) is 18.2 Å². The lowest BCUT2D eigenvalue weighted by molar-refractivity contribution is -0.196. The van der Waals surface area contributed by atoms with Crippen LogP contribution in [-0.2, 0) is 10.3 Å². The van der Waals surface area contributed by atoms with Crippen LogP contribution in [0.3, 0.4) is 0 Å². The van der Waals surface area contributed by atoms with E-state index < -0.39 is 23.7 Å². The molecule has 1 amide bonds. The van der Waals surface area contributed by atoms with Gasteiger partial charge in [0, 0.05) is 16.3 Å². The Morgan fingerprint density at radius 2 is 2.00 bits per heavy atom. The number of fused-ring (bicyclic) bond motifs is 1. The summed E-state index contributed by atoms with van der Waals surface area (Å²) in [6.45, 7) is 2.38. The van der Waals surface area contributed by atoms with Crippen molar-refractivity contribution in [2.45, 2.75) is 31.6 Å². The van der Waals surface area contributed by atoms with Gasteiger partial charge in [0.25, 0.3) is 0 Å². The highest BCUT2D eigenvalue weighted by Crippen LogP contribution is 2.44. The van der Waals surface area contributed by atoms with Crippen molar-refractivity contribution in [3.63, 3.8) is 0 Å². The lowest BCUT2D eigenvalue weighted by Gasteiger charge is -2.34. The summed E-state index contributed by atoms with van der Waals surface area (Å²) >= 11 is 5.77. The zero-order valence-corrected chi connectivity index (χ0v) is 11.0. The van der Waals surface area contributed by atoms with Gasteiger partial charge in [0.2, 0.25) is 5.91 Å². The highest BCUT2D eigenvalue weighted by molar-refractivity contribution is 6.30. The maximum atomic E-state index is 13.4. The topological polar surface area (TPSA) is 41.1 Å². The third kappa shape index (κ3) is 2.30. The Morgan fingerprint density at radius 1 is 1.37 bits per heavy atom. The molecule has 0 saturated carbocycles. The number of amides is 1. The Morgan fingerprint density at radius 3 is 2.58 bits per heavy atom.